The van der Waals surface area contributed by atoms with E-state index in [1.165, 1.54) is 5.56 Å². The highest BCUT2D eigenvalue weighted by atomic mass is 15.3. The number of rotatable bonds is 5. The predicted molar refractivity (Wildman–Crippen MR) is 119 cm³/mol. The smallest absolute Gasteiger partial charge is 0.168 e. The number of piperazine rings is 1. The highest BCUT2D eigenvalue weighted by molar-refractivity contribution is 5.89. The minimum Gasteiger partial charge on any atom is -0.340 e. The zero-order chi connectivity index (χ0) is 20.3. The number of aromatic nitrogens is 4. The van der Waals surface area contributed by atoms with Gasteiger partial charge in [-0.2, -0.15) is 5.10 Å². The van der Waals surface area contributed by atoms with Crippen molar-refractivity contribution in [3.63, 3.8) is 0 Å². The lowest BCUT2D eigenvalue weighted by Gasteiger charge is -2.32. The fourth-order valence-corrected chi connectivity index (χ4v) is 3.80. The molecule has 152 valence electrons. The van der Waals surface area contributed by atoms with Gasteiger partial charge in [-0.15, -0.1) is 0 Å². The lowest BCUT2D eigenvalue weighted by Crippen LogP contribution is -2.43. The Labute approximate surface area is 176 Å². The van der Waals surface area contributed by atoms with Gasteiger partial charge in [0.1, 0.15) is 12.1 Å². The van der Waals surface area contributed by atoms with Gasteiger partial charge in [0.15, 0.2) is 5.65 Å². The van der Waals surface area contributed by atoms with Crippen LogP contribution in [0.2, 0.25) is 0 Å². The van der Waals surface area contributed by atoms with Gasteiger partial charge < -0.3 is 10.2 Å². The molecular weight excluding hydrogens is 374 g/mol. The maximum absolute atomic E-state index is 4.52. The SMILES string of the molecule is CN1CCN(Cc2ccc(Nc3ncnc4c3cnn4-c3ccccc3)cc2)CC1. The third-order valence-electron chi connectivity index (χ3n) is 5.59. The maximum atomic E-state index is 4.52. The average molecular weight is 400 g/mol. The summed E-state index contributed by atoms with van der Waals surface area (Å²) < 4.78 is 1.83. The monoisotopic (exact) mass is 399 g/mol. The molecule has 30 heavy (non-hydrogen) atoms. The molecule has 5 rings (SSSR count). The van der Waals surface area contributed by atoms with Crippen LogP contribution in [-0.4, -0.2) is 62.8 Å². The Kier molecular flexibility index (Phi) is 5.13. The van der Waals surface area contributed by atoms with Crippen LogP contribution in [-0.2, 0) is 6.54 Å². The normalized spacial score (nSPS) is 15.5. The molecule has 3 heterocycles. The Bertz CT molecular complexity index is 1110. The third kappa shape index (κ3) is 3.90. The number of hydrogen-bond acceptors (Lipinski definition) is 6. The lowest BCUT2D eigenvalue weighted by molar-refractivity contribution is 0.148. The zero-order valence-electron chi connectivity index (χ0n) is 17.1. The van der Waals surface area contributed by atoms with E-state index in [-0.39, 0.29) is 0 Å². The minimum atomic E-state index is 0.758. The summed E-state index contributed by atoms with van der Waals surface area (Å²) >= 11 is 0. The van der Waals surface area contributed by atoms with Gasteiger partial charge in [-0.25, -0.2) is 14.6 Å². The Morgan fingerprint density at radius 1 is 0.900 bits per heavy atom. The summed E-state index contributed by atoms with van der Waals surface area (Å²) in [6.07, 6.45) is 3.39. The first-order valence-corrected chi connectivity index (χ1v) is 10.3. The largest absolute Gasteiger partial charge is 0.340 e. The minimum absolute atomic E-state index is 0.758. The topological polar surface area (TPSA) is 62.1 Å². The molecule has 4 aromatic rings. The Hall–Kier alpha value is -3.29. The fraction of sp³-hybridized carbons (Fsp3) is 0.261. The second-order valence-corrected chi connectivity index (χ2v) is 7.75. The van der Waals surface area contributed by atoms with Crippen molar-refractivity contribution in [2.45, 2.75) is 6.54 Å². The van der Waals surface area contributed by atoms with E-state index in [2.05, 4.69) is 61.5 Å². The highest BCUT2D eigenvalue weighted by Crippen LogP contribution is 2.25. The fourth-order valence-electron chi connectivity index (χ4n) is 3.80. The summed E-state index contributed by atoms with van der Waals surface area (Å²) in [4.78, 5) is 13.8. The number of hydrogen-bond donors (Lipinski definition) is 1. The standard InChI is InChI=1S/C23H25N7/c1-28-11-13-29(14-12-28)16-18-7-9-19(10-8-18)27-22-21-15-26-30(23(21)25-17-24-22)20-5-3-2-4-6-20/h2-10,15,17H,11-14,16H2,1H3,(H,24,25,27). The van der Waals surface area contributed by atoms with Crippen molar-refractivity contribution < 1.29 is 0 Å². The molecule has 1 N–H and O–H groups in total. The number of nitrogens with zero attached hydrogens (tertiary/aromatic N) is 6. The first-order valence-electron chi connectivity index (χ1n) is 10.3. The number of fused-ring (bicyclic) bond motifs is 1. The van der Waals surface area contributed by atoms with E-state index in [1.807, 2.05) is 41.2 Å². The molecule has 0 bridgehead atoms. The van der Waals surface area contributed by atoms with Crippen LogP contribution in [0.1, 0.15) is 5.56 Å². The van der Waals surface area contributed by atoms with Gasteiger partial charge in [-0.3, -0.25) is 4.90 Å². The van der Waals surface area contributed by atoms with Crippen LogP contribution < -0.4 is 5.32 Å². The van der Waals surface area contributed by atoms with Gasteiger partial charge in [0.25, 0.3) is 0 Å². The molecular formula is C23H25N7. The van der Waals surface area contributed by atoms with Crippen molar-refractivity contribution in [1.29, 1.82) is 0 Å². The van der Waals surface area contributed by atoms with Crippen LogP contribution in [0, 0.1) is 0 Å². The van der Waals surface area contributed by atoms with Crippen molar-refractivity contribution >= 4 is 22.5 Å². The molecule has 0 spiro atoms. The summed E-state index contributed by atoms with van der Waals surface area (Å²) in [6.45, 7) is 5.53. The average Bonchev–Trinajstić information content (AvgIpc) is 3.23. The lowest BCUT2D eigenvalue weighted by atomic mass is 10.1. The molecule has 1 saturated heterocycles. The molecule has 0 radical (unpaired) electrons. The van der Waals surface area contributed by atoms with Crippen LogP contribution in [0.15, 0.2) is 67.1 Å². The molecule has 2 aromatic carbocycles. The van der Waals surface area contributed by atoms with Crippen molar-refractivity contribution in [3.05, 3.63) is 72.7 Å². The Morgan fingerprint density at radius 3 is 2.43 bits per heavy atom. The summed E-state index contributed by atoms with van der Waals surface area (Å²) in [6, 6.07) is 18.6. The first kappa shape index (κ1) is 18.7. The van der Waals surface area contributed by atoms with Gasteiger partial charge in [-0.05, 0) is 36.9 Å². The van der Waals surface area contributed by atoms with Crippen LogP contribution in [0.3, 0.4) is 0 Å². The Balaban J connectivity index is 1.33. The van der Waals surface area contributed by atoms with E-state index < -0.39 is 0 Å². The van der Waals surface area contributed by atoms with E-state index in [9.17, 15) is 0 Å². The first-order chi connectivity index (χ1) is 14.8. The van der Waals surface area contributed by atoms with Crippen molar-refractivity contribution in [1.82, 2.24) is 29.5 Å². The van der Waals surface area contributed by atoms with Crippen LogP contribution in [0.25, 0.3) is 16.7 Å². The van der Waals surface area contributed by atoms with E-state index in [0.29, 0.717) is 0 Å². The van der Waals surface area contributed by atoms with Crippen LogP contribution in [0.4, 0.5) is 11.5 Å². The van der Waals surface area contributed by atoms with Gasteiger partial charge in [0.05, 0.1) is 17.3 Å². The molecule has 1 aliphatic heterocycles. The number of benzene rings is 2. The molecule has 0 amide bonds. The van der Waals surface area contributed by atoms with Gasteiger partial charge in [0.2, 0.25) is 0 Å². The molecule has 2 aromatic heterocycles. The summed E-state index contributed by atoms with van der Waals surface area (Å²) in [5, 5.41) is 8.83. The Morgan fingerprint density at radius 2 is 1.67 bits per heavy atom. The van der Waals surface area contributed by atoms with E-state index in [4.69, 9.17) is 0 Å². The van der Waals surface area contributed by atoms with Gasteiger partial charge in [-0.1, -0.05) is 30.3 Å². The van der Waals surface area contributed by atoms with E-state index >= 15 is 0 Å². The van der Waals surface area contributed by atoms with Crippen molar-refractivity contribution in [2.75, 3.05) is 38.5 Å². The summed E-state index contributed by atoms with van der Waals surface area (Å²) in [5.74, 6) is 0.758. The summed E-state index contributed by atoms with van der Waals surface area (Å²) in [5.41, 5.74) is 4.09. The van der Waals surface area contributed by atoms with Gasteiger partial charge >= 0.3 is 0 Å². The van der Waals surface area contributed by atoms with E-state index in [1.54, 1.807) is 6.33 Å². The molecule has 7 nitrogen and oxygen atoms in total. The summed E-state index contributed by atoms with van der Waals surface area (Å²) in [7, 11) is 2.19. The number of likely N-dealkylation sites (N-methyl/N-ethyl adjacent to an activating group) is 1. The second kappa shape index (κ2) is 8.22. The van der Waals surface area contributed by atoms with Crippen molar-refractivity contribution in [3.8, 4) is 5.69 Å². The molecule has 0 atom stereocenters. The zero-order valence-corrected chi connectivity index (χ0v) is 17.1. The molecule has 0 aliphatic carbocycles. The molecule has 0 unspecified atom stereocenters. The number of nitrogens with one attached hydrogen (secondary N) is 1. The molecule has 1 fully saturated rings. The van der Waals surface area contributed by atoms with Gasteiger partial charge in [0, 0.05) is 38.4 Å². The third-order valence-corrected chi connectivity index (χ3v) is 5.59. The second-order valence-electron chi connectivity index (χ2n) is 7.75. The quantitative estimate of drug-likeness (QED) is 0.556. The predicted octanol–water partition coefficient (Wildman–Crippen LogP) is 3.31. The number of para-hydroxylation sites is 1. The molecule has 7 heteroatoms. The highest BCUT2D eigenvalue weighted by Gasteiger charge is 2.14. The number of anilines is 2. The van der Waals surface area contributed by atoms with Crippen LogP contribution in [0.5, 0.6) is 0 Å². The maximum Gasteiger partial charge on any atom is 0.168 e. The van der Waals surface area contributed by atoms with Crippen molar-refractivity contribution in [2.24, 2.45) is 0 Å². The molecule has 0 saturated carbocycles. The van der Waals surface area contributed by atoms with E-state index in [0.717, 1.165) is 60.9 Å². The molecule has 1 aliphatic rings. The van der Waals surface area contributed by atoms with Crippen LogP contribution >= 0.6 is 0 Å².